The average molecular weight is 275 g/mol. The standard InChI is InChI=1S/C15H34O2Si/c1-8-11-12-13-16-18(9-2,10-3)17-14(4)15(5,6)7/h14H,8-13H2,1-7H3. The molecule has 0 aliphatic carbocycles. The minimum atomic E-state index is -1.97. The number of hydrogen-bond acceptors (Lipinski definition) is 2. The van der Waals surface area contributed by atoms with Crippen LogP contribution in [0.5, 0.6) is 0 Å². The highest BCUT2D eigenvalue weighted by molar-refractivity contribution is 6.67. The van der Waals surface area contributed by atoms with Crippen LogP contribution in [0.1, 0.15) is 67.7 Å². The van der Waals surface area contributed by atoms with Crippen molar-refractivity contribution in [3.63, 3.8) is 0 Å². The summed E-state index contributed by atoms with van der Waals surface area (Å²) in [5.41, 5.74) is 0.190. The van der Waals surface area contributed by atoms with Crippen LogP contribution in [0.2, 0.25) is 12.1 Å². The lowest BCUT2D eigenvalue weighted by Gasteiger charge is -2.37. The first-order chi connectivity index (χ1) is 8.31. The zero-order valence-corrected chi connectivity index (χ0v) is 14.6. The van der Waals surface area contributed by atoms with Gasteiger partial charge in [-0.15, -0.1) is 0 Å². The van der Waals surface area contributed by atoms with Gasteiger partial charge in [0.25, 0.3) is 0 Å². The molecule has 0 aromatic rings. The second-order valence-corrected chi connectivity index (χ2v) is 10.1. The van der Waals surface area contributed by atoms with Crippen LogP contribution < -0.4 is 0 Å². The Kier molecular flexibility index (Phi) is 8.40. The molecule has 0 rings (SSSR count). The number of unbranched alkanes of at least 4 members (excludes halogenated alkanes) is 2. The molecule has 1 unspecified atom stereocenters. The van der Waals surface area contributed by atoms with Gasteiger partial charge in [-0.1, -0.05) is 54.4 Å². The van der Waals surface area contributed by atoms with Gasteiger partial charge < -0.3 is 8.85 Å². The van der Waals surface area contributed by atoms with Crippen molar-refractivity contribution in [1.82, 2.24) is 0 Å². The molecule has 0 aromatic carbocycles. The number of rotatable bonds is 9. The molecule has 1 atom stereocenters. The predicted molar refractivity (Wildman–Crippen MR) is 82.2 cm³/mol. The smallest absolute Gasteiger partial charge is 0.337 e. The third kappa shape index (κ3) is 6.35. The zero-order chi connectivity index (χ0) is 14.2. The van der Waals surface area contributed by atoms with E-state index in [1.807, 2.05) is 0 Å². The van der Waals surface area contributed by atoms with Crippen molar-refractivity contribution in [3.8, 4) is 0 Å². The Morgan fingerprint density at radius 1 is 1.00 bits per heavy atom. The molecule has 0 fully saturated rings. The van der Waals surface area contributed by atoms with E-state index in [1.54, 1.807) is 0 Å². The molecule has 0 radical (unpaired) electrons. The molecule has 0 saturated heterocycles. The van der Waals surface area contributed by atoms with Crippen LogP contribution in [0, 0.1) is 5.41 Å². The lowest BCUT2D eigenvalue weighted by atomic mass is 9.91. The Morgan fingerprint density at radius 3 is 1.94 bits per heavy atom. The first-order valence-corrected chi connectivity index (χ1v) is 9.86. The minimum absolute atomic E-state index is 0.190. The summed E-state index contributed by atoms with van der Waals surface area (Å²) in [7, 11) is -1.97. The van der Waals surface area contributed by atoms with Crippen molar-refractivity contribution in [1.29, 1.82) is 0 Å². The maximum absolute atomic E-state index is 6.40. The first kappa shape index (κ1) is 18.1. The van der Waals surface area contributed by atoms with E-state index in [1.165, 1.54) is 19.3 Å². The fourth-order valence-electron chi connectivity index (χ4n) is 1.76. The summed E-state index contributed by atoms with van der Waals surface area (Å²) in [5, 5.41) is 0. The molecule has 0 heterocycles. The van der Waals surface area contributed by atoms with Crippen LogP contribution in [-0.4, -0.2) is 21.3 Å². The molecule has 0 N–H and O–H groups in total. The van der Waals surface area contributed by atoms with Crippen LogP contribution in [0.4, 0.5) is 0 Å². The van der Waals surface area contributed by atoms with Crippen LogP contribution in [0.3, 0.4) is 0 Å². The monoisotopic (exact) mass is 274 g/mol. The lowest BCUT2D eigenvalue weighted by molar-refractivity contribution is 0.0517. The second-order valence-electron chi connectivity index (χ2n) is 6.30. The van der Waals surface area contributed by atoms with Crippen molar-refractivity contribution in [2.45, 2.75) is 85.9 Å². The quantitative estimate of drug-likeness (QED) is 0.429. The topological polar surface area (TPSA) is 18.5 Å². The van der Waals surface area contributed by atoms with Gasteiger partial charge in [0.2, 0.25) is 0 Å². The Bertz CT molecular complexity index is 207. The van der Waals surface area contributed by atoms with Crippen LogP contribution >= 0.6 is 0 Å². The van der Waals surface area contributed by atoms with Crippen LogP contribution in [-0.2, 0) is 8.85 Å². The summed E-state index contributed by atoms with van der Waals surface area (Å²) < 4.78 is 12.6. The highest BCUT2D eigenvalue weighted by Crippen LogP contribution is 2.29. The largest absolute Gasteiger partial charge is 0.394 e. The third-order valence-corrected chi connectivity index (χ3v) is 7.47. The fraction of sp³-hybridized carbons (Fsp3) is 1.00. The zero-order valence-electron chi connectivity index (χ0n) is 13.6. The summed E-state index contributed by atoms with van der Waals surface area (Å²) in [5.74, 6) is 0. The molecule has 0 amide bonds. The normalized spacial score (nSPS) is 14.8. The van der Waals surface area contributed by atoms with Gasteiger partial charge in [-0.05, 0) is 30.8 Å². The van der Waals surface area contributed by atoms with Gasteiger partial charge in [-0.3, -0.25) is 0 Å². The Morgan fingerprint density at radius 2 is 1.56 bits per heavy atom. The maximum atomic E-state index is 6.40. The molecular formula is C15H34O2Si. The molecule has 0 bridgehead atoms. The van der Waals surface area contributed by atoms with Gasteiger partial charge in [0.1, 0.15) is 0 Å². The average Bonchev–Trinajstić information content (AvgIpc) is 2.32. The Balaban J connectivity index is 4.42. The van der Waals surface area contributed by atoms with E-state index in [9.17, 15) is 0 Å². The van der Waals surface area contributed by atoms with Crippen molar-refractivity contribution in [2.75, 3.05) is 6.61 Å². The Labute approximate surface area is 116 Å². The van der Waals surface area contributed by atoms with Crippen molar-refractivity contribution < 1.29 is 8.85 Å². The van der Waals surface area contributed by atoms with Crippen molar-refractivity contribution in [3.05, 3.63) is 0 Å². The molecule has 0 aliphatic heterocycles. The highest BCUT2D eigenvalue weighted by atomic mass is 28.4. The van der Waals surface area contributed by atoms with E-state index in [2.05, 4.69) is 48.5 Å². The van der Waals surface area contributed by atoms with Crippen LogP contribution in [0.25, 0.3) is 0 Å². The molecule has 0 aliphatic rings. The predicted octanol–water partition coefficient (Wildman–Crippen LogP) is 5.13. The maximum Gasteiger partial charge on any atom is 0.337 e. The van der Waals surface area contributed by atoms with E-state index in [0.717, 1.165) is 18.7 Å². The second kappa shape index (κ2) is 8.34. The van der Waals surface area contributed by atoms with E-state index in [-0.39, 0.29) is 11.5 Å². The first-order valence-electron chi connectivity index (χ1n) is 7.63. The molecule has 0 spiro atoms. The van der Waals surface area contributed by atoms with Gasteiger partial charge >= 0.3 is 8.56 Å². The van der Waals surface area contributed by atoms with E-state index < -0.39 is 8.56 Å². The molecule has 0 saturated carbocycles. The van der Waals surface area contributed by atoms with E-state index in [4.69, 9.17) is 8.85 Å². The van der Waals surface area contributed by atoms with Gasteiger partial charge in [-0.2, -0.15) is 0 Å². The molecule has 18 heavy (non-hydrogen) atoms. The Hall–Kier alpha value is 0.137. The van der Waals surface area contributed by atoms with Crippen LogP contribution in [0.15, 0.2) is 0 Å². The molecule has 0 aromatic heterocycles. The van der Waals surface area contributed by atoms with Gasteiger partial charge in [0, 0.05) is 12.7 Å². The summed E-state index contributed by atoms with van der Waals surface area (Å²) >= 11 is 0. The lowest BCUT2D eigenvalue weighted by Crippen LogP contribution is -2.46. The molecule has 110 valence electrons. The molecule has 2 nitrogen and oxygen atoms in total. The summed E-state index contributed by atoms with van der Waals surface area (Å²) in [6, 6.07) is 2.10. The highest BCUT2D eigenvalue weighted by Gasteiger charge is 2.38. The third-order valence-electron chi connectivity index (χ3n) is 3.80. The van der Waals surface area contributed by atoms with Gasteiger partial charge in [0.05, 0.1) is 0 Å². The van der Waals surface area contributed by atoms with Crippen molar-refractivity contribution >= 4 is 8.56 Å². The van der Waals surface area contributed by atoms with Gasteiger partial charge in [-0.25, -0.2) is 0 Å². The molecule has 3 heteroatoms. The van der Waals surface area contributed by atoms with Gasteiger partial charge in [0.15, 0.2) is 0 Å². The van der Waals surface area contributed by atoms with Crippen molar-refractivity contribution in [2.24, 2.45) is 5.41 Å². The van der Waals surface area contributed by atoms with E-state index >= 15 is 0 Å². The SMILES string of the molecule is CCCCCO[Si](CC)(CC)OC(C)C(C)(C)C. The molecular weight excluding hydrogens is 240 g/mol. The summed E-state index contributed by atoms with van der Waals surface area (Å²) in [6.07, 6.45) is 3.93. The minimum Gasteiger partial charge on any atom is -0.394 e. The fourth-order valence-corrected chi connectivity index (χ4v) is 4.59. The number of hydrogen-bond donors (Lipinski definition) is 0. The summed E-state index contributed by atoms with van der Waals surface area (Å²) in [4.78, 5) is 0. The van der Waals surface area contributed by atoms with E-state index in [0.29, 0.717) is 0 Å². The summed E-state index contributed by atoms with van der Waals surface area (Å²) in [6.45, 7) is 16.4.